The molecule has 28 heavy (non-hydrogen) atoms. The lowest BCUT2D eigenvalue weighted by Crippen LogP contribution is -2.00. The van der Waals surface area contributed by atoms with Crippen LogP contribution >= 0.6 is 11.6 Å². The van der Waals surface area contributed by atoms with Gasteiger partial charge in [-0.3, -0.25) is 4.79 Å². The number of carbonyl (C=O) groups excluding carboxylic acids is 1. The molecule has 3 rings (SSSR count). The van der Waals surface area contributed by atoms with Crippen molar-refractivity contribution in [1.29, 1.82) is 0 Å². The molecule has 0 saturated heterocycles. The number of carbonyl (C=O) groups is 1. The lowest BCUT2D eigenvalue weighted by Gasteiger charge is -2.03. The molecular formula is C26H21ClO. The molecule has 138 valence electrons. The van der Waals surface area contributed by atoms with Crippen LogP contribution in [0.4, 0.5) is 0 Å². The summed E-state index contributed by atoms with van der Waals surface area (Å²) in [5.41, 5.74) is 5.77. The van der Waals surface area contributed by atoms with E-state index in [9.17, 15) is 4.79 Å². The van der Waals surface area contributed by atoms with E-state index in [-0.39, 0.29) is 12.2 Å². The van der Waals surface area contributed by atoms with Gasteiger partial charge in [-0.1, -0.05) is 71.0 Å². The first-order valence-corrected chi connectivity index (χ1v) is 9.52. The highest BCUT2D eigenvalue weighted by Gasteiger charge is 2.08. The third kappa shape index (κ3) is 5.71. The summed E-state index contributed by atoms with van der Waals surface area (Å²) < 4.78 is 0. The standard InChI is InChI=1S/C26H21ClO/c1-19-3-7-21(8-4-19)11-12-23(17-22-9-5-20(2)6-10-22)18-26(28)24-13-15-25(27)16-14-24/h3-10,13-17H,18H2,1-2H3/b23-17-. The van der Waals surface area contributed by atoms with E-state index in [1.807, 2.05) is 49.4 Å². The number of hydrogen-bond acceptors (Lipinski definition) is 1. The molecule has 3 aromatic rings. The van der Waals surface area contributed by atoms with Crippen molar-refractivity contribution >= 4 is 23.5 Å². The van der Waals surface area contributed by atoms with Crippen LogP contribution in [0.1, 0.15) is 39.0 Å². The number of rotatable bonds is 4. The van der Waals surface area contributed by atoms with Crippen LogP contribution in [0.2, 0.25) is 5.02 Å². The summed E-state index contributed by atoms with van der Waals surface area (Å²) in [4.78, 5) is 12.7. The molecule has 0 N–H and O–H groups in total. The van der Waals surface area contributed by atoms with E-state index < -0.39 is 0 Å². The van der Waals surface area contributed by atoms with E-state index in [1.165, 1.54) is 11.1 Å². The molecule has 0 amide bonds. The van der Waals surface area contributed by atoms with Gasteiger partial charge in [0.2, 0.25) is 0 Å². The number of halogens is 1. The second kappa shape index (κ2) is 9.22. The van der Waals surface area contributed by atoms with E-state index in [0.717, 1.165) is 16.7 Å². The number of hydrogen-bond donors (Lipinski definition) is 0. The Hall–Kier alpha value is -3.08. The maximum Gasteiger partial charge on any atom is 0.167 e. The van der Waals surface area contributed by atoms with Crippen LogP contribution in [0.5, 0.6) is 0 Å². The van der Waals surface area contributed by atoms with Crippen molar-refractivity contribution in [3.05, 3.63) is 111 Å². The predicted molar refractivity (Wildman–Crippen MR) is 118 cm³/mol. The summed E-state index contributed by atoms with van der Waals surface area (Å²) in [5.74, 6) is 6.39. The molecule has 2 heteroatoms. The van der Waals surface area contributed by atoms with E-state index in [0.29, 0.717) is 10.6 Å². The van der Waals surface area contributed by atoms with Gasteiger partial charge in [0.05, 0.1) is 0 Å². The van der Waals surface area contributed by atoms with Crippen LogP contribution in [0.25, 0.3) is 6.08 Å². The lowest BCUT2D eigenvalue weighted by molar-refractivity contribution is 0.0994. The molecular weight excluding hydrogens is 364 g/mol. The van der Waals surface area contributed by atoms with E-state index >= 15 is 0 Å². The Morgan fingerprint density at radius 3 is 2.04 bits per heavy atom. The molecule has 0 bridgehead atoms. The van der Waals surface area contributed by atoms with Crippen molar-refractivity contribution in [2.24, 2.45) is 0 Å². The minimum absolute atomic E-state index is 0.0215. The fraction of sp³-hybridized carbons (Fsp3) is 0.115. The summed E-state index contributed by atoms with van der Waals surface area (Å²) in [6.07, 6.45) is 2.23. The van der Waals surface area contributed by atoms with Gasteiger partial charge >= 0.3 is 0 Å². The number of Topliss-reactive ketones (excluding diaryl/α,β-unsaturated/α-hetero) is 1. The minimum Gasteiger partial charge on any atom is -0.294 e. The second-order valence-electron chi connectivity index (χ2n) is 6.80. The Morgan fingerprint density at radius 2 is 1.43 bits per heavy atom. The number of ketones is 1. The Kier molecular flexibility index (Phi) is 6.48. The normalized spacial score (nSPS) is 10.9. The van der Waals surface area contributed by atoms with Crippen molar-refractivity contribution in [1.82, 2.24) is 0 Å². The highest BCUT2D eigenvalue weighted by Crippen LogP contribution is 2.16. The Balaban J connectivity index is 1.89. The van der Waals surface area contributed by atoms with Gasteiger partial charge in [0.25, 0.3) is 0 Å². The van der Waals surface area contributed by atoms with Gasteiger partial charge in [-0.2, -0.15) is 0 Å². The predicted octanol–water partition coefficient (Wildman–Crippen LogP) is 6.66. The number of allylic oxidation sites excluding steroid dienone is 1. The zero-order valence-corrected chi connectivity index (χ0v) is 16.8. The van der Waals surface area contributed by atoms with Crippen LogP contribution in [0.3, 0.4) is 0 Å². The molecule has 3 aromatic carbocycles. The Bertz CT molecular complexity index is 1040. The molecule has 0 radical (unpaired) electrons. The van der Waals surface area contributed by atoms with Crippen molar-refractivity contribution in [2.45, 2.75) is 20.3 Å². The first-order valence-electron chi connectivity index (χ1n) is 9.14. The molecule has 0 fully saturated rings. The first-order chi connectivity index (χ1) is 13.5. The highest BCUT2D eigenvalue weighted by atomic mass is 35.5. The first kappa shape index (κ1) is 19.7. The Morgan fingerprint density at radius 1 is 0.857 bits per heavy atom. The van der Waals surface area contributed by atoms with Crippen molar-refractivity contribution in [2.75, 3.05) is 0 Å². The monoisotopic (exact) mass is 384 g/mol. The molecule has 1 nitrogen and oxygen atoms in total. The topological polar surface area (TPSA) is 17.1 Å². The number of aryl methyl sites for hydroxylation is 2. The third-order valence-corrected chi connectivity index (χ3v) is 4.61. The van der Waals surface area contributed by atoms with E-state index in [4.69, 9.17) is 11.6 Å². The average molecular weight is 385 g/mol. The fourth-order valence-electron chi connectivity index (χ4n) is 2.70. The third-order valence-electron chi connectivity index (χ3n) is 4.35. The quantitative estimate of drug-likeness (QED) is 0.363. The second-order valence-corrected chi connectivity index (χ2v) is 7.24. The van der Waals surface area contributed by atoms with Crippen LogP contribution < -0.4 is 0 Å². The summed E-state index contributed by atoms with van der Waals surface area (Å²) in [7, 11) is 0. The van der Waals surface area contributed by atoms with Crippen molar-refractivity contribution in [3.8, 4) is 11.8 Å². The molecule has 0 heterocycles. The fourth-order valence-corrected chi connectivity index (χ4v) is 2.82. The minimum atomic E-state index is 0.0215. The molecule has 0 unspecified atom stereocenters. The van der Waals surface area contributed by atoms with Crippen LogP contribution in [-0.4, -0.2) is 5.78 Å². The van der Waals surface area contributed by atoms with Gasteiger partial charge < -0.3 is 0 Å². The van der Waals surface area contributed by atoms with Crippen molar-refractivity contribution < 1.29 is 4.79 Å². The zero-order chi connectivity index (χ0) is 19.9. The van der Waals surface area contributed by atoms with Crippen molar-refractivity contribution in [3.63, 3.8) is 0 Å². The summed E-state index contributed by atoms with van der Waals surface area (Å²) in [6, 6.07) is 23.2. The van der Waals surface area contributed by atoms with Crippen LogP contribution in [0, 0.1) is 25.7 Å². The summed E-state index contributed by atoms with van der Waals surface area (Å²) >= 11 is 5.93. The Labute approximate surface area is 171 Å². The number of benzene rings is 3. The van der Waals surface area contributed by atoms with Crippen LogP contribution in [-0.2, 0) is 0 Å². The van der Waals surface area contributed by atoms with Crippen LogP contribution in [0.15, 0.2) is 78.4 Å². The van der Waals surface area contributed by atoms with Gasteiger partial charge in [0.15, 0.2) is 5.78 Å². The average Bonchev–Trinajstić information content (AvgIpc) is 2.69. The summed E-state index contributed by atoms with van der Waals surface area (Å²) in [5, 5.41) is 0.617. The molecule has 0 saturated carbocycles. The lowest BCUT2D eigenvalue weighted by atomic mass is 10.0. The largest absolute Gasteiger partial charge is 0.294 e. The maximum absolute atomic E-state index is 12.7. The van der Waals surface area contributed by atoms with Gasteiger partial charge in [0, 0.05) is 28.1 Å². The zero-order valence-electron chi connectivity index (χ0n) is 16.0. The van der Waals surface area contributed by atoms with E-state index in [1.54, 1.807) is 24.3 Å². The van der Waals surface area contributed by atoms with Gasteiger partial charge in [-0.25, -0.2) is 0 Å². The maximum atomic E-state index is 12.7. The van der Waals surface area contributed by atoms with Gasteiger partial charge in [0.1, 0.15) is 0 Å². The molecule has 0 atom stereocenters. The molecule has 0 aliphatic rings. The summed E-state index contributed by atoms with van der Waals surface area (Å²) in [6.45, 7) is 4.10. The van der Waals surface area contributed by atoms with Gasteiger partial charge in [-0.15, -0.1) is 0 Å². The molecule has 0 aliphatic heterocycles. The highest BCUT2D eigenvalue weighted by molar-refractivity contribution is 6.30. The van der Waals surface area contributed by atoms with E-state index in [2.05, 4.69) is 30.9 Å². The SMILES string of the molecule is Cc1ccc(C#C/C(=C/c2ccc(C)cc2)CC(=O)c2ccc(Cl)cc2)cc1. The molecule has 0 aromatic heterocycles. The smallest absolute Gasteiger partial charge is 0.167 e. The molecule has 0 spiro atoms. The van der Waals surface area contributed by atoms with Gasteiger partial charge in [-0.05, 0) is 61.9 Å². The molecule has 0 aliphatic carbocycles.